The molecule has 0 saturated carbocycles. The Hall–Kier alpha value is -2.91. The Morgan fingerprint density at radius 1 is 1.14 bits per heavy atom. The van der Waals surface area contributed by atoms with E-state index in [-0.39, 0.29) is 10.8 Å². The Kier molecular flexibility index (Phi) is 5.50. The van der Waals surface area contributed by atoms with Gasteiger partial charge in [-0.3, -0.25) is 9.52 Å². The van der Waals surface area contributed by atoms with Crippen molar-refractivity contribution in [3.05, 3.63) is 65.7 Å². The number of fused-ring (bicyclic) bond motifs is 1. The van der Waals surface area contributed by atoms with E-state index in [1.807, 2.05) is 12.1 Å². The molecule has 1 aromatic heterocycles. The van der Waals surface area contributed by atoms with Crippen molar-refractivity contribution in [3.8, 4) is 0 Å². The average molecular weight is 429 g/mol. The number of hydrogen-bond donors (Lipinski definition) is 2. The second-order valence-electron chi connectivity index (χ2n) is 6.63. The average Bonchev–Trinajstić information content (AvgIpc) is 3.36. The van der Waals surface area contributed by atoms with Crippen molar-refractivity contribution < 1.29 is 13.2 Å². The van der Waals surface area contributed by atoms with Crippen LogP contribution in [0.1, 0.15) is 12.0 Å². The minimum absolute atomic E-state index is 0.106. The molecular weight excluding hydrogens is 408 g/mol. The van der Waals surface area contributed by atoms with E-state index < -0.39 is 10.0 Å². The zero-order valence-corrected chi connectivity index (χ0v) is 17.2. The van der Waals surface area contributed by atoms with Crippen LogP contribution in [-0.2, 0) is 21.2 Å². The number of rotatable bonds is 7. The molecule has 9 heteroatoms. The number of sulfonamides is 1. The Bertz CT molecular complexity index is 1100. The lowest BCUT2D eigenvalue weighted by Crippen LogP contribution is -2.26. The first kappa shape index (κ1) is 19.4. The van der Waals surface area contributed by atoms with Crippen molar-refractivity contribution >= 4 is 43.8 Å². The predicted molar refractivity (Wildman–Crippen MR) is 115 cm³/mol. The number of nitrogens with zero attached hydrogens (tertiary/aromatic N) is 2. The predicted octanol–water partition coefficient (Wildman–Crippen LogP) is 3.34. The molecule has 0 atom stereocenters. The SMILES string of the molecule is O=C(CCN1CCc2ccccc21)Nc1ccc(S(=O)(=O)Nc2nccs2)cc1. The van der Waals surface area contributed by atoms with Crippen molar-refractivity contribution in [1.29, 1.82) is 0 Å². The Balaban J connectivity index is 1.32. The number of carbonyl (C=O) groups is 1. The number of amides is 1. The lowest BCUT2D eigenvalue weighted by molar-refractivity contribution is -0.116. The van der Waals surface area contributed by atoms with Crippen LogP contribution in [0.15, 0.2) is 65.0 Å². The fraction of sp³-hybridized carbons (Fsp3) is 0.200. The van der Waals surface area contributed by atoms with Gasteiger partial charge in [-0.15, -0.1) is 11.3 Å². The zero-order chi connectivity index (χ0) is 20.3. The van der Waals surface area contributed by atoms with Crippen LogP contribution >= 0.6 is 11.3 Å². The molecule has 0 saturated heterocycles. The first-order valence-corrected chi connectivity index (χ1v) is 11.5. The van der Waals surface area contributed by atoms with E-state index in [9.17, 15) is 13.2 Å². The molecule has 1 amide bonds. The van der Waals surface area contributed by atoms with Gasteiger partial charge in [-0.1, -0.05) is 18.2 Å². The monoisotopic (exact) mass is 428 g/mol. The van der Waals surface area contributed by atoms with Gasteiger partial charge in [0.25, 0.3) is 10.0 Å². The second kappa shape index (κ2) is 8.22. The van der Waals surface area contributed by atoms with Gasteiger partial charge in [0, 0.05) is 42.5 Å². The molecule has 3 aromatic rings. The van der Waals surface area contributed by atoms with Gasteiger partial charge in [0.1, 0.15) is 0 Å². The molecular formula is C20H20N4O3S2. The summed E-state index contributed by atoms with van der Waals surface area (Å²) in [5.41, 5.74) is 3.07. The minimum atomic E-state index is -3.70. The number of nitrogens with one attached hydrogen (secondary N) is 2. The molecule has 2 aromatic carbocycles. The van der Waals surface area contributed by atoms with Gasteiger partial charge < -0.3 is 10.2 Å². The highest BCUT2D eigenvalue weighted by molar-refractivity contribution is 7.93. The number of thiazole rings is 1. The van der Waals surface area contributed by atoms with Gasteiger partial charge >= 0.3 is 0 Å². The molecule has 0 bridgehead atoms. The topological polar surface area (TPSA) is 91.4 Å². The van der Waals surface area contributed by atoms with Gasteiger partial charge in [0.2, 0.25) is 5.91 Å². The fourth-order valence-electron chi connectivity index (χ4n) is 3.26. The van der Waals surface area contributed by atoms with Crippen LogP contribution in [0.5, 0.6) is 0 Å². The zero-order valence-electron chi connectivity index (χ0n) is 15.5. The maximum atomic E-state index is 12.3. The van der Waals surface area contributed by atoms with Crippen molar-refractivity contribution in [1.82, 2.24) is 4.98 Å². The number of hydrogen-bond acceptors (Lipinski definition) is 6. The number of carbonyl (C=O) groups excluding carboxylic acids is 1. The minimum Gasteiger partial charge on any atom is -0.370 e. The summed E-state index contributed by atoms with van der Waals surface area (Å²) >= 11 is 1.21. The lowest BCUT2D eigenvalue weighted by Gasteiger charge is -2.19. The molecule has 29 heavy (non-hydrogen) atoms. The van der Waals surface area contributed by atoms with Gasteiger partial charge in [-0.05, 0) is 42.3 Å². The summed E-state index contributed by atoms with van der Waals surface area (Å²) in [6.45, 7) is 1.57. The van der Waals surface area contributed by atoms with E-state index in [0.29, 0.717) is 23.8 Å². The first-order valence-electron chi connectivity index (χ1n) is 9.16. The molecule has 7 nitrogen and oxygen atoms in total. The van der Waals surface area contributed by atoms with Crippen LogP contribution in [0.25, 0.3) is 0 Å². The lowest BCUT2D eigenvalue weighted by atomic mass is 10.2. The van der Waals surface area contributed by atoms with E-state index in [0.717, 1.165) is 13.0 Å². The summed E-state index contributed by atoms with van der Waals surface area (Å²) in [4.78, 5) is 18.5. The third-order valence-electron chi connectivity index (χ3n) is 4.69. The fourth-order valence-corrected chi connectivity index (χ4v) is 5.05. The van der Waals surface area contributed by atoms with Crippen LogP contribution < -0.4 is 14.9 Å². The van der Waals surface area contributed by atoms with Crippen molar-refractivity contribution in [3.63, 3.8) is 0 Å². The van der Waals surface area contributed by atoms with E-state index in [1.165, 1.54) is 40.9 Å². The molecule has 0 spiro atoms. The highest BCUT2D eigenvalue weighted by Crippen LogP contribution is 2.27. The highest BCUT2D eigenvalue weighted by Gasteiger charge is 2.19. The van der Waals surface area contributed by atoms with Gasteiger partial charge in [0.15, 0.2) is 5.13 Å². The molecule has 4 rings (SSSR count). The summed E-state index contributed by atoms with van der Waals surface area (Å²) in [5, 5.41) is 4.83. The van der Waals surface area contributed by atoms with Crippen LogP contribution in [-0.4, -0.2) is 32.4 Å². The summed E-state index contributed by atoms with van der Waals surface area (Å²) in [6, 6.07) is 14.3. The molecule has 150 valence electrons. The summed E-state index contributed by atoms with van der Waals surface area (Å²) in [6.07, 6.45) is 2.89. The Morgan fingerprint density at radius 2 is 1.93 bits per heavy atom. The molecule has 1 aliphatic rings. The number of benzene rings is 2. The quantitative estimate of drug-likeness (QED) is 0.602. The van der Waals surface area contributed by atoms with Crippen LogP contribution in [0.4, 0.5) is 16.5 Å². The summed E-state index contributed by atoms with van der Waals surface area (Å²) in [7, 11) is -3.70. The molecule has 0 unspecified atom stereocenters. The largest absolute Gasteiger partial charge is 0.370 e. The van der Waals surface area contributed by atoms with Crippen LogP contribution in [0.3, 0.4) is 0 Å². The molecule has 2 N–H and O–H groups in total. The third kappa shape index (κ3) is 4.57. The van der Waals surface area contributed by atoms with E-state index in [1.54, 1.807) is 17.5 Å². The van der Waals surface area contributed by atoms with Crippen molar-refractivity contribution in [2.45, 2.75) is 17.7 Å². The highest BCUT2D eigenvalue weighted by atomic mass is 32.2. The number of anilines is 3. The summed E-state index contributed by atoms with van der Waals surface area (Å²) < 4.78 is 27.1. The van der Waals surface area contributed by atoms with Crippen LogP contribution in [0, 0.1) is 0 Å². The normalized spacial score (nSPS) is 13.2. The Morgan fingerprint density at radius 3 is 2.69 bits per heavy atom. The number of para-hydroxylation sites is 1. The molecule has 0 radical (unpaired) electrons. The second-order valence-corrected chi connectivity index (χ2v) is 9.21. The maximum Gasteiger partial charge on any atom is 0.263 e. The van der Waals surface area contributed by atoms with Crippen molar-refractivity contribution in [2.75, 3.05) is 28.0 Å². The van der Waals surface area contributed by atoms with Gasteiger partial charge in [-0.2, -0.15) is 0 Å². The van der Waals surface area contributed by atoms with Gasteiger partial charge in [-0.25, -0.2) is 13.4 Å². The van der Waals surface area contributed by atoms with E-state index in [2.05, 4.69) is 32.1 Å². The third-order valence-corrected chi connectivity index (χ3v) is 6.87. The molecule has 0 aliphatic carbocycles. The standard InChI is InChI=1S/C20H20N4O3S2/c25-19(10-13-24-12-9-15-3-1-2-4-18(15)24)22-16-5-7-17(8-6-16)29(26,27)23-20-21-11-14-28-20/h1-8,11,14H,9-10,12-13H2,(H,21,23)(H,22,25). The molecule has 2 heterocycles. The Labute approximate surface area is 173 Å². The number of aromatic nitrogens is 1. The first-order chi connectivity index (χ1) is 14.0. The van der Waals surface area contributed by atoms with Crippen LogP contribution in [0.2, 0.25) is 0 Å². The van der Waals surface area contributed by atoms with E-state index in [4.69, 9.17) is 0 Å². The molecule has 1 aliphatic heterocycles. The van der Waals surface area contributed by atoms with Gasteiger partial charge in [0.05, 0.1) is 4.90 Å². The van der Waals surface area contributed by atoms with Crippen molar-refractivity contribution in [2.24, 2.45) is 0 Å². The summed E-state index contributed by atoms with van der Waals surface area (Å²) in [5.74, 6) is -0.106. The maximum absolute atomic E-state index is 12.3. The molecule has 0 fully saturated rings. The van der Waals surface area contributed by atoms with E-state index >= 15 is 0 Å². The smallest absolute Gasteiger partial charge is 0.263 e.